The zero-order chi connectivity index (χ0) is 21.3. The van der Waals surface area contributed by atoms with Crippen LogP contribution in [0, 0.1) is 0 Å². The number of primary amides is 1. The lowest BCUT2D eigenvalue weighted by Gasteiger charge is -2.22. The lowest BCUT2D eigenvalue weighted by Crippen LogP contribution is -2.88. The van der Waals surface area contributed by atoms with E-state index in [1.807, 2.05) is 47.1 Å². The average molecular weight is 423 g/mol. The number of rotatable bonds is 9. The molecule has 0 unspecified atom stereocenters. The van der Waals surface area contributed by atoms with E-state index in [1.54, 1.807) is 11.3 Å². The molecule has 0 bridgehead atoms. The molecule has 1 heterocycles. The van der Waals surface area contributed by atoms with Gasteiger partial charge < -0.3 is 11.1 Å². The van der Waals surface area contributed by atoms with Gasteiger partial charge in [-0.15, -0.1) is 11.3 Å². The van der Waals surface area contributed by atoms with Gasteiger partial charge in [0, 0.05) is 11.1 Å². The molecule has 156 valence electrons. The number of thiophene rings is 1. The molecule has 2 aromatic carbocycles. The average Bonchev–Trinajstić information content (AvgIpc) is 3.28. The molecule has 0 fully saturated rings. The molecule has 2 atom stereocenters. The van der Waals surface area contributed by atoms with Crippen LogP contribution in [0.15, 0.2) is 72.1 Å². The Bertz CT molecular complexity index is 940. The summed E-state index contributed by atoms with van der Waals surface area (Å²) in [5, 5.41) is 6.28. The first kappa shape index (κ1) is 21.7. The number of carbonyl (C=O) groups excluding carboxylic acids is 2. The number of imide groups is 1. The number of nitrogens with one attached hydrogen (secondary N) is 1. The molecule has 0 aliphatic carbocycles. The van der Waals surface area contributed by atoms with E-state index in [9.17, 15) is 9.59 Å². The molecule has 30 heavy (non-hydrogen) atoms. The second kappa shape index (κ2) is 10.7. The molecule has 5 N–H and O–H groups in total. The molecular weight excluding hydrogens is 394 g/mol. The minimum Gasteiger partial charge on any atom is -0.351 e. The Morgan fingerprint density at radius 2 is 1.73 bits per heavy atom. The Labute approximate surface area is 181 Å². The van der Waals surface area contributed by atoms with Gasteiger partial charge in [0.1, 0.15) is 6.04 Å². The fourth-order valence-corrected chi connectivity index (χ4v) is 4.35. The van der Waals surface area contributed by atoms with Gasteiger partial charge in [0.25, 0.3) is 5.91 Å². The van der Waals surface area contributed by atoms with Crippen LogP contribution in [0.4, 0.5) is 4.79 Å². The van der Waals surface area contributed by atoms with Gasteiger partial charge in [0.15, 0.2) is 6.04 Å². The van der Waals surface area contributed by atoms with E-state index < -0.39 is 18.0 Å². The van der Waals surface area contributed by atoms with Crippen LogP contribution in [0.2, 0.25) is 0 Å². The third kappa shape index (κ3) is 5.78. The van der Waals surface area contributed by atoms with Crippen molar-refractivity contribution in [2.75, 3.05) is 0 Å². The molecule has 0 aliphatic rings. The van der Waals surface area contributed by atoms with E-state index in [4.69, 9.17) is 5.73 Å². The normalized spacial score (nSPS) is 12.8. The summed E-state index contributed by atoms with van der Waals surface area (Å²) < 4.78 is 0. The molecule has 3 aromatic rings. The maximum Gasteiger partial charge on any atom is 0.319 e. The smallest absolute Gasteiger partial charge is 0.319 e. The first-order valence-electron chi connectivity index (χ1n) is 10.2. The number of aryl methyl sites for hydroxylation is 1. The molecule has 0 aliphatic heterocycles. The van der Waals surface area contributed by atoms with E-state index in [0.29, 0.717) is 0 Å². The molecule has 5 nitrogen and oxygen atoms in total. The van der Waals surface area contributed by atoms with Gasteiger partial charge in [0.05, 0.1) is 4.88 Å². The molecule has 6 heteroatoms. The highest BCUT2D eigenvalue weighted by Gasteiger charge is 2.31. The van der Waals surface area contributed by atoms with E-state index in [1.165, 1.54) is 18.4 Å². The minimum absolute atomic E-state index is 0.0749. The van der Waals surface area contributed by atoms with Gasteiger partial charge in [-0.2, -0.15) is 0 Å². The summed E-state index contributed by atoms with van der Waals surface area (Å²) in [6, 6.07) is 20.6. The molecule has 0 saturated heterocycles. The highest BCUT2D eigenvalue weighted by atomic mass is 32.1. The number of carbonyl (C=O) groups is 2. The third-order valence-electron chi connectivity index (χ3n) is 5.08. The van der Waals surface area contributed by atoms with E-state index in [0.717, 1.165) is 22.4 Å². The van der Waals surface area contributed by atoms with Crippen molar-refractivity contribution in [1.82, 2.24) is 5.32 Å². The molecule has 1 aromatic heterocycles. The lowest BCUT2D eigenvalue weighted by atomic mass is 9.98. The second-order valence-corrected chi connectivity index (χ2v) is 8.25. The molecule has 3 amide bonds. The van der Waals surface area contributed by atoms with E-state index in [2.05, 4.69) is 42.6 Å². The first-order valence-corrected chi connectivity index (χ1v) is 11.1. The number of hydrogen-bond acceptors (Lipinski definition) is 3. The van der Waals surface area contributed by atoms with Gasteiger partial charge in [0.2, 0.25) is 0 Å². The van der Waals surface area contributed by atoms with Gasteiger partial charge in [-0.25, -0.2) is 4.79 Å². The number of unbranched alkanes of at least 4 members (excludes halogenated alkanes) is 1. The van der Waals surface area contributed by atoms with Crippen LogP contribution in [-0.2, 0) is 11.2 Å². The summed E-state index contributed by atoms with van der Waals surface area (Å²) >= 11 is 1.65. The molecule has 3 rings (SSSR count). The third-order valence-corrected chi connectivity index (χ3v) is 6.04. The van der Waals surface area contributed by atoms with Crippen molar-refractivity contribution in [2.24, 2.45) is 5.73 Å². The van der Waals surface area contributed by atoms with Crippen molar-refractivity contribution in [3.8, 4) is 0 Å². The Balaban J connectivity index is 1.92. The quantitative estimate of drug-likeness (QED) is 0.491. The van der Waals surface area contributed by atoms with Crippen LogP contribution >= 0.6 is 11.3 Å². The summed E-state index contributed by atoms with van der Waals surface area (Å²) in [7, 11) is 0. The monoisotopic (exact) mass is 422 g/mol. The van der Waals surface area contributed by atoms with Crippen LogP contribution in [-0.4, -0.2) is 11.9 Å². The van der Waals surface area contributed by atoms with Gasteiger partial charge in [-0.05, 0) is 29.9 Å². The van der Waals surface area contributed by atoms with Gasteiger partial charge in [-0.1, -0.05) is 74.0 Å². The predicted molar refractivity (Wildman–Crippen MR) is 120 cm³/mol. The van der Waals surface area contributed by atoms with Gasteiger partial charge in [-0.3, -0.25) is 10.1 Å². The Kier molecular flexibility index (Phi) is 7.76. The fraction of sp³-hybridized carbons (Fsp3) is 0.250. The van der Waals surface area contributed by atoms with Crippen LogP contribution in [0.3, 0.4) is 0 Å². The second-order valence-electron chi connectivity index (χ2n) is 7.27. The molecule has 0 spiro atoms. The number of nitrogens with two attached hydrogens (primary N) is 2. The van der Waals surface area contributed by atoms with Crippen molar-refractivity contribution >= 4 is 23.3 Å². The first-order chi connectivity index (χ1) is 14.6. The van der Waals surface area contributed by atoms with Crippen LogP contribution < -0.4 is 16.4 Å². The fourth-order valence-electron chi connectivity index (χ4n) is 3.51. The van der Waals surface area contributed by atoms with E-state index in [-0.39, 0.29) is 6.04 Å². The maximum atomic E-state index is 12.8. The molecule has 0 saturated carbocycles. The SMILES string of the molecule is CCCCc1ccc([C@@H]([NH2+][C@@H](C(=O)NC(N)=O)c2ccccc2)c2cccs2)cc1. The number of amides is 3. The summed E-state index contributed by atoms with van der Waals surface area (Å²) in [6.07, 6.45) is 3.40. The Hall–Kier alpha value is -2.96. The summed E-state index contributed by atoms with van der Waals surface area (Å²) in [4.78, 5) is 25.3. The van der Waals surface area contributed by atoms with Crippen LogP contribution in [0.1, 0.15) is 53.4 Å². The summed E-state index contributed by atoms with van der Waals surface area (Å²) in [5.41, 5.74) is 8.47. The number of urea groups is 1. The van der Waals surface area contributed by atoms with Gasteiger partial charge >= 0.3 is 6.03 Å². The highest BCUT2D eigenvalue weighted by molar-refractivity contribution is 7.10. The zero-order valence-corrected chi connectivity index (χ0v) is 17.9. The predicted octanol–water partition coefficient (Wildman–Crippen LogP) is 3.68. The maximum absolute atomic E-state index is 12.8. The van der Waals surface area contributed by atoms with E-state index >= 15 is 0 Å². The summed E-state index contributed by atoms with van der Waals surface area (Å²) in [5.74, 6) is -0.421. The largest absolute Gasteiger partial charge is 0.351 e. The topological polar surface area (TPSA) is 88.8 Å². The number of quaternary nitrogens is 1. The Morgan fingerprint density at radius 1 is 1.00 bits per heavy atom. The highest BCUT2D eigenvalue weighted by Crippen LogP contribution is 2.25. The standard InChI is InChI=1S/C24H27N3O2S/c1-2-3-8-17-12-14-19(15-13-17)21(20-11-7-16-30-20)26-22(23(28)27-24(25)29)18-9-5-4-6-10-18/h4-7,9-16,21-22,26H,2-3,8H2,1H3,(H3,25,27,28,29)/p+1/t21-,22-/m1/s1. The van der Waals surface area contributed by atoms with Crippen LogP contribution in [0.25, 0.3) is 0 Å². The van der Waals surface area contributed by atoms with Crippen molar-refractivity contribution in [3.63, 3.8) is 0 Å². The minimum atomic E-state index is -0.845. The molecular formula is C24H28N3O2S+. The van der Waals surface area contributed by atoms with Crippen molar-refractivity contribution < 1.29 is 14.9 Å². The van der Waals surface area contributed by atoms with Crippen molar-refractivity contribution in [3.05, 3.63) is 93.7 Å². The van der Waals surface area contributed by atoms with Crippen molar-refractivity contribution in [2.45, 2.75) is 38.3 Å². The zero-order valence-electron chi connectivity index (χ0n) is 17.1. The number of hydrogen-bond donors (Lipinski definition) is 3. The summed E-state index contributed by atoms with van der Waals surface area (Å²) in [6.45, 7) is 2.19. The lowest BCUT2D eigenvalue weighted by molar-refractivity contribution is -0.713. The van der Waals surface area contributed by atoms with Crippen molar-refractivity contribution in [1.29, 1.82) is 0 Å². The van der Waals surface area contributed by atoms with Crippen LogP contribution in [0.5, 0.6) is 0 Å². The Morgan fingerprint density at radius 3 is 2.33 bits per heavy atom. The number of benzene rings is 2. The molecule has 0 radical (unpaired) electrons.